The first-order valence-electron chi connectivity index (χ1n) is 11.9. The molecule has 3 heterocycles. The van der Waals surface area contributed by atoms with Crippen LogP contribution in [-0.4, -0.2) is 69.6 Å². The van der Waals surface area contributed by atoms with E-state index in [0.717, 1.165) is 35.4 Å². The molecule has 4 aromatic rings. The lowest BCUT2D eigenvalue weighted by Crippen LogP contribution is -2.49. The molecule has 11 nitrogen and oxygen atoms in total. The molecule has 1 aliphatic rings. The highest BCUT2D eigenvalue weighted by Gasteiger charge is 2.22. The lowest BCUT2D eigenvalue weighted by atomic mass is 10.2. The standard InChI is InChI=1S/C25H28N8O3/c1-17-26-24-20-5-3-4-6-21(20)27-25(33(24)30-17)29-28-22(34)11-12-23(35)32-15-13-31(14-16-32)18-7-9-19(36-2)10-8-18/h3-10H,11-16H2,1-2H3,(H,27,29)(H,28,34). The van der Waals surface area contributed by atoms with E-state index in [1.165, 1.54) is 0 Å². The van der Waals surface area contributed by atoms with Gasteiger partial charge in [0, 0.05) is 50.1 Å². The Kier molecular flexibility index (Phi) is 6.52. The van der Waals surface area contributed by atoms with Crippen LogP contribution in [-0.2, 0) is 9.59 Å². The Morgan fingerprint density at radius 2 is 1.72 bits per heavy atom. The minimum atomic E-state index is -0.305. The number of amides is 2. The molecule has 5 rings (SSSR count). The van der Waals surface area contributed by atoms with Crippen molar-refractivity contribution in [2.24, 2.45) is 0 Å². The molecule has 2 N–H and O–H groups in total. The third-order valence-electron chi connectivity index (χ3n) is 6.23. The predicted molar refractivity (Wildman–Crippen MR) is 136 cm³/mol. The van der Waals surface area contributed by atoms with Gasteiger partial charge in [-0.15, -0.1) is 5.10 Å². The number of hydrogen-bond donors (Lipinski definition) is 2. The van der Waals surface area contributed by atoms with Crippen LogP contribution in [0.4, 0.5) is 11.6 Å². The number of benzene rings is 2. The van der Waals surface area contributed by atoms with E-state index in [1.54, 1.807) is 18.5 Å². The summed E-state index contributed by atoms with van der Waals surface area (Å²) in [6.45, 7) is 4.52. The van der Waals surface area contributed by atoms with Crippen LogP contribution < -0.4 is 20.5 Å². The Labute approximate surface area is 208 Å². The Hall–Kier alpha value is -4.41. The molecule has 36 heavy (non-hydrogen) atoms. The maximum absolute atomic E-state index is 12.7. The van der Waals surface area contributed by atoms with Crippen molar-refractivity contribution < 1.29 is 14.3 Å². The Morgan fingerprint density at radius 1 is 0.972 bits per heavy atom. The molecule has 0 bridgehead atoms. The highest BCUT2D eigenvalue weighted by Crippen LogP contribution is 2.21. The number of methoxy groups -OCH3 is 1. The number of aryl methyl sites for hydroxylation is 1. The monoisotopic (exact) mass is 488 g/mol. The zero-order chi connectivity index (χ0) is 25.1. The van der Waals surface area contributed by atoms with Crippen molar-refractivity contribution >= 4 is 40.0 Å². The van der Waals surface area contributed by atoms with Gasteiger partial charge < -0.3 is 14.5 Å². The summed E-state index contributed by atoms with van der Waals surface area (Å²) in [5.41, 5.74) is 7.96. The van der Waals surface area contributed by atoms with Crippen LogP contribution in [0.1, 0.15) is 18.7 Å². The van der Waals surface area contributed by atoms with Crippen molar-refractivity contribution in [1.29, 1.82) is 0 Å². The van der Waals surface area contributed by atoms with Gasteiger partial charge in [-0.1, -0.05) is 12.1 Å². The second kappa shape index (κ2) is 10.1. The van der Waals surface area contributed by atoms with Crippen molar-refractivity contribution in [2.75, 3.05) is 43.6 Å². The summed E-state index contributed by atoms with van der Waals surface area (Å²) in [4.78, 5) is 38.2. The predicted octanol–water partition coefficient (Wildman–Crippen LogP) is 2.17. The second-order valence-electron chi connectivity index (χ2n) is 8.59. The molecule has 0 radical (unpaired) electrons. The molecule has 2 aromatic heterocycles. The molecular weight excluding hydrogens is 460 g/mol. The highest BCUT2D eigenvalue weighted by molar-refractivity contribution is 5.92. The Balaban J connectivity index is 1.12. The van der Waals surface area contributed by atoms with Gasteiger partial charge in [-0.2, -0.15) is 4.52 Å². The fourth-order valence-corrected chi connectivity index (χ4v) is 4.31. The quantitative estimate of drug-likeness (QED) is 0.380. The molecule has 1 fully saturated rings. The Bertz CT molecular complexity index is 1390. The fourth-order valence-electron chi connectivity index (χ4n) is 4.31. The van der Waals surface area contributed by atoms with Crippen LogP contribution in [0.25, 0.3) is 16.6 Å². The minimum Gasteiger partial charge on any atom is -0.497 e. The zero-order valence-corrected chi connectivity index (χ0v) is 20.3. The van der Waals surface area contributed by atoms with Gasteiger partial charge in [0.25, 0.3) is 0 Å². The summed E-state index contributed by atoms with van der Waals surface area (Å²) in [5.74, 6) is 1.43. The van der Waals surface area contributed by atoms with Gasteiger partial charge in [-0.3, -0.25) is 20.4 Å². The molecule has 1 aliphatic heterocycles. The maximum Gasteiger partial charge on any atom is 0.245 e. The van der Waals surface area contributed by atoms with E-state index in [9.17, 15) is 9.59 Å². The van der Waals surface area contributed by atoms with Crippen LogP contribution in [0.15, 0.2) is 48.5 Å². The summed E-state index contributed by atoms with van der Waals surface area (Å²) < 4.78 is 6.77. The number of nitrogens with zero attached hydrogens (tertiary/aromatic N) is 6. The first-order chi connectivity index (χ1) is 17.5. The van der Waals surface area contributed by atoms with Crippen LogP contribution >= 0.6 is 0 Å². The number of carbonyl (C=O) groups is 2. The average Bonchev–Trinajstić information content (AvgIpc) is 3.32. The average molecular weight is 489 g/mol. The number of anilines is 2. The van der Waals surface area contributed by atoms with Crippen molar-refractivity contribution in [1.82, 2.24) is 29.9 Å². The fraction of sp³-hybridized carbons (Fsp3) is 0.320. The maximum atomic E-state index is 12.7. The van der Waals surface area contributed by atoms with Gasteiger partial charge in [0.2, 0.25) is 17.8 Å². The van der Waals surface area contributed by atoms with E-state index in [0.29, 0.717) is 30.5 Å². The summed E-state index contributed by atoms with van der Waals surface area (Å²) in [5, 5.41) is 5.24. The SMILES string of the molecule is COc1ccc(N2CCN(C(=O)CCC(=O)NNc3nc4ccccc4c4nc(C)nn34)CC2)cc1. The lowest BCUT2D eigenvalue weighted by Gasteiger charge is -2.36. The van der Waals surface area contributed by atoms with E-state index in [4.69, 9.17) is 4.74 Å². The smallest absolute Gasteiger partial charge is 0.245 e. The van der Waals surface area contributed by atoms with Crippen LogP contribution in [0.5, 0.6) is 5.75 Å². The first kappa shape index (κ1) is 23.3. The molecule has 186 valence electrons. The van der Waals surface area contributed by atoms with Crippen LogP contribution in [0.2, 0.25) is 0 Å². The number of piperazine rings is 1. The number of nitrogens with one attached hydrogen (secondary N) is 2. The number of carbonyl (C=O) groups excluding carboxylic acids is 2. The van der Waals surface area contributed by atoms with Gasteiger partial charge in [0.05, 0.1) is 12.6 Å². The molecular formula is C25H28N8O3. The van der Waals surface area contributed by atoms with Gasteiger partial charge >= 0.3 is 0 Å². The van der Waals surface area contributed by atoms with E-state index >= 15 is 0 Å². The van der Waals surface area contributed by atoms with Crippen molar-refractivity contribution in [3.05, 3.63) is 54.4 Å². The molecule has 1 saturated heterocycles. The van der Waals surface area contributed by atoms with Gasteiger partial charge in [0.15, 0.2) is 5.65 Å². The molecule has 0 unspecified atom stereocenters. The van der Waals surface area contributed by atoms with Crippen molar-refractivity contribution in [3.8, 4) is 5.75 Å². The number of para-hydroxylation sites is 1. The molecule has 0 atom stereocenters. The number of rotatable bonds is 7. The number of ether oxygens (including phenoxy) is 1. The molecule has 2 aromatic carbocycles. The van der Waals surface area contributed by atoms with E-state index < -0.39 is 0 Å². The van der Waals surface area contributed by atoms with Crippen molar-refractivity contribution in [3.63, 3.8) is 0 Å². The van der Waals surface area contributed by atoms with Crippen molar-refractivity contribution in [2.45, 2.75) is 19.8 Å². The largest absolute Gasteiger partial charge is 0.497 e. The normalized spacial score (nSPS) is 13.7. The second-order valence-corrected chi connectivity index (χ2v) is 8.59. The third-order valence-corrected chi connectivity index (χ3v) is 6.23. The topological polar surface area (TPSA) is 117 Å². The Morgan fingerprint density at radius 3 is 2.47 bits per heavy atom. The lowest BCUT2D eigenvalue weighted by molar-refractivity contribution is -0.133. The molecule has 0 spiro atoms. The first-order valence-corrected chi connectivity index (χ1v) is 11.9. The number of hydrazine groups is 1. The van der Waals surface area contributed by atoms with Crippen LogP contribution in [0, 0.1) is 6.92 Å². The highest BCUT2D eigenvalue weighted by atomic mass is 16.5. The molecule has 0 aliphatic carbocycles. The summed E-state index contributed by atoms with van der Waals surface area (Å²) >= 11 is 0. The number of aromatic nitrogens is 4. The third kappa shape index (κ3) is 4.85. The summed E-state index contributed by atoms with van der Waals surface area (Å²) in [6.07, 6.45) is 0.205. The number of hydrogen-bond acceptors (Lipinski definition) is 8. The van der Waals surface area contributed by atoms with Crippen LogP contribution in [0.3, 0.4) is 0 Å². The summed E-state index contributed by atoms with van der Waals surface area (Å²) in [7, 11) is 1.65. The van der Waals surface area contributed by atoms with E-state index in [1.807, 2.05) is 53.4 Å². The van der Waals surface area contributed by atoms with Gasteiger partial charge in [0.1, 0.15) is 11.6 Å². The van der Waals surface area contributed by atoms with Gasteiger partial charge in [-0.25, -0.2) is 9.97 Å². The molecule has 2 amide bonds. The van der Waals surface area contributed by atoms with E-state index in [2.05, 4.69) is 30.8 Å². The minimum absolute atomic E-state index is 0.0300. The summed E-state index contributed by atoms with van der Waals surface area (Å²) in [6, 6.07) is 15.5. The van der Waals surface area contributed by atoms with E-state index in [-0.39, 0.29) is 24.7 Å². The molecule has 0 saturated carbocycles. The van der Waals surface area contributed by atoms with Gasteiger partial charge in [-0.05, 0) is 43.3 Å². The number of fused-ring (bicyclic) bond motifs is 3. The molecule has 11 heteroatoms. The zero-order valence-electron chi connectivity index (χ0n) is 20.3.